The zero-order valence-corrected chi connectivity index (χ0v) is 13.1. The Morgan fingerprint density at radius 1 is 1.50 bits per heavy atom. The van der Waals surface area contributed by atoms with Crippen molar-refractivity contribution >= 4 is 17.5 Å². The molecule has 1 heterocycles. The SMILES string of the molecule is Cc1cc(O[C@@H](C)C(=O)N2CCC[C@@H](C)C2)ccc1Cl. The van der Waals surface area contributed by atoms with Crippen LogP contribution in [0.4, 0.5) is 0 Å². The van der Waals surface area contributed by atoms with Crippen molar-refractivity contribution < 1.29 is 9.53 Å². The van der Waals surface area contributed by atoms with E-state index in [1.807, 2.05) is 24.8 Å². The van der Waals surface area contributed by atoms with Gasteiger partial charge in [-0.25, -0.2) is 0 Å². The number of piperidine rings is 1. The summed E-state index contributed by atoms with van der Waals surface area (Å²) < 4.78 is 5.75. The fraction of sp³-hybridized carbons (Fsp3) is 0.562. The van der Waals surface area contributed by atoms with Crippen molar-refractivity contribution in [3.05, 3.63) is 28.8 Å². The predicted octanol–water partition coefficient (Wildman–Crippen LogP) is 3.67. The average molecular weight is 296 g/mol. The van der Waals surface area contributed by atoms with E-state index in [4.69, 9.17) is 16.3 Å². The minimum atomic E-state index is -0.458. The zero-order valence-electron chi connectivity index (χ0n) is 12.4. The number of nitrogens with zero attached hydrogens (tertiary/aromatic N) is 1. The van der Waals surface area contributed by atoms with Crippen molar-refractivity contribution in [1.29, 1.82) is 0 Å². The van der Waals surface area contributed by atoms with E-state index in [0.717, 1.165) is 25.1 Å². The molecule has 110 valence electrons. The fourth-order valence-electron chi connectivity index (χ4n) is 2.59. The molecule has 1 aromatic carbocycles. The number of ether oxygens (including phenoxy) is 1. The van der Waals surface area contributed by atoms with Crippen LogP contribution in [0, 0.1) is 12.8 Å². The maximum Gasteiger partial charge on any atom is 0.263 e. The maximum atomic E-state index is 12.4. The molecule has 0 spiro atoms. The van der Waals surface area contributed by atoms with Gasteiger partial charge in [-0.2, -0.15) is 0 Å². The van der Waals surface area contributed by atoms with Crippen LogP contribution in [0.1, 0.15) is 32.3 Å². The second-order valence-electron chi connectivity index (χ2n) is 5.70. The molecule has 0 aromatic heterocycles. The van der Waals surface area contributed by atoms with Gasteiger partial charge in [0.1, 0.15) is 5.75 Å². The van der Waals surface area contributed by atoms with Gasteiger partial charge in [0.25, 0.3) is 5.91 Å². The predicted molar refractivity (Wildman–Crippen MR) is 81.3 cm³/mol. The molecule has 0 saturated carbocycles. The van der Waals surface area contributed by atoms with Gasteiger partial charge in [0, 0.05) is 18.1 Å². The second kappa shape index (κ2) is 6.49. The van der Waals surface area contributed by atoms with Gasteiger partial charge < -0.3 is 9.64 Å². The first kappa shape index (κ1) is 15.2. The number of rotatable bonds is 3. The third kappa shape index (κ3) is 3.66. The summed E-state index contributed by atoms with van der Waals surface area (Å²) in [5.41, 5.74) is 0.954. The number of benzene rings is 1. The molecule has 0 radical (unpaired) electrons. The Morgan fingerprint density at radius 3 is 2.90 bits per heavy atom. The van der Waals surface area contributed by atoms with Gasteiger partial charge >= 0.3 is 0 Å². The van der Waals surface area contributed by atoms with E-state index in [9.17, 15) is 4.79 Å². The number of carbonyl (C=O) groups excluding carboxylic acids is 1. The van der Waals surface area contributed by atoms with Gasteiger partial charge in [-0.3, -0.25) is 4.79 Å². The van der Waals surface area contributed by atoms with Gasteiger partial charge in [-0.05, 0) is 56.4 Å². The first-order valence-electron chi connectivity index (χ1n) is 7.19. The Bertz CT molecular complexity index is 489. The number of carbonyl (C=O) groups is 1. The molecule has 0 N–H and O–H groups in total. The van der Waals surface area contributed by atoms with Crippen molar-refractivity contribution in [3.63, 3.8) is 0 Å². The largest absolute Gasteiger partial charge is 0.481 e. The molecule has 2 atom stereocenters. The topological polar surface area (TPSA) is 29.5 Å². The molecule has 2 rings (SSSR count). The van der Waals surface area contributed by atoms with Crippen LogP contribution in [0.3, 0.4) is 0 Å². The molecule has 1 fully saturated rings. The van der Waals surface area contributed by atoms with E-state index in [-0.39, 0.29) is 5.91 Å². The summed E-state index contributed by atoms with van der Waals surface area (Å²) in [6, 6.07) is 5.47. The summed E-state index contributed by atoms with van der Waals surface area (Å²) in [6.45, 7) is 7.61. The summed E-state index contributed by atoms with van der Waals surface area (Å²) in [5, 5.41) is 0.709. The Morgan fingerprint density at radius 2 is 2.25 bits per heavy atom. The van der Waals surface area contributed by atoms with Crippen LogP contribution < -0.4 is 4.74 Å². The van der Waals surface area contributed by atoms with Crippen LogP contribution in [0.5, 0.6) is 5.75 Å². The summed E-state index contributed by atoms with van der Waals surface area (Å²) >= 11 is 5.99. The highest BCUT2D eigenvalue weighted by atomic mass is 35.5. The molecule has 1 aliphatic rings. The number of likely N-dealkylation sites (tertiary alicyclic amines) is 1. The van der Waals surface area contributed by atoms with Crippen LogP contribution in [0.2, 0.25) is 5.02 Å². The van der Waals surface area contributed by atoms with Crippen molar-refractivity contribution in [2.75, 3.05) is 13.1 Å². The third-order valence-electron chi connectivity index (χ3n) is 3.76. The van der Waals surface area contributed by atoms with E-state index >= 15 is 0 Å². The number of aryl methyl sites for hydroxylation is 1. The summed E-state index contributed by atoms with van der Waals surface area (Å²) in [7, 11) is 0. The Hall–Kier alpha value is -1.22. The molecule has 0 aliphatic carbocycles. The lowest BCUT2D eigenvalue weighted by atomic mass is 10.00. The minimum Gasteiger partial charge on any atom is -0.481 e. The van der Waals surface area contributed by atoms with E-state index < -0.39 is 6.10 Å². The molecular weight excluding hydrogens is 274 g/mol. The van der Waals surface area contributed by atoms with Gasteiger partial charge in [0.05, 0.1) is 0 Å². The van der Waals surface area contributed by atoms with Crippen molar-refractivity contribution in [1.82, 2.24) is 4.90 Å². The highest BCUT2D eigenvalue weighted by Crippen LogP contribution is 2.23. The Kier molecular flexibility index (Phi) is 4.92. The quantitative estimate of drug-likeness (QED) is 0.851. The van der Waals surface area contributed by atoms with Crippen LogP contribution in [0.15, 0.2) is 18.2 Å². The van der Waals surface area contributed by atoms with Crippen LogP contribution in [0.25, 0.3) is 0 Å². The van der Waals surface area contributed by atoms with Crippen LogP contribution >= 0.6 is 11.6 Å². The maximum absolute atomic E-state index is 12.4. The standard InChI is InChI=1S/C16H22ClNO2/c1-11-5-4-8-18(10-11)16(19)13(3)20-14-6-7-15(17)12(2)9-14/h6-7,9,11,13H,4-5,8,10H2,1-3H3/t11-,13+/m1/s1. The van der Waals surface area contributed by atoms with E-state index in [0.29, 0.717) is 16.7 Å². The molecule has 3 nitrogen and oxygen atoms in total. The lowest BCUT2D eigenvalue weighted by molar-refractivity contribution is -0.139. The molecule has 1 aromatic rings. The third-order valence-corrected chi connectivity index (χ3v) is 4.18. The molecule has 0 bridgehead atoms. The number of hydrogen-bond donors (Lipinski definition) is 0. The van der Waals surface area contributed by atoms with Crippen molar-refractivity contribution in [2.45, 2.75) is 39.7 Å². The number of halogens is 1. The molecule has 1 saturated heterocycles. The second-order valence-corrected chi connectivity index (χ2v) is 6.11. The zero-order chi connectivity index (χ0) is 14.7. The molecule has 4 heteroatoms. The molecule has 20 heavy (non-hydrogen) atoms. The van der Waals surface area contributed by atoms with Crippen LogP contribution in [-0.4, -0.2) is 30.0 Å². The summed E-state index contributed by atoms with van der Waals surface area (Å²) in [5.74, 6) is 1.35. The van der Waals surface area contributed by atoms with Gasteiger partial charge in [0.15, 0.2) is 6.10 Å². The summed E-state index contributed by atoms with van der Waals surface area (Å²) in [6.07, 6.45) is 1.83. The number of amides is 1. The molecular formula is C16H22ClNO2. The van der Waals surface area contributed by atoms with Crippen molar-refractivity contribution in [3.8, 4) is 5.75 Å². The van der Waals surface area contributed by atoms with Crippen LogP contribution in [-0.2, 0) is 4.79 Å². The van der Waals surface area contributed by atoms with E-state index in [2.05, 4.69) is 6.92 Å². The number of hydrogen-bond acceptors (Lipinski definition) is 2. The van der Waals surface area contributed by atoms with Gasteiger partial charge in [-0.1, -0.05) is 18.5 Å². The molecule has 1 aliphatic heterocycles. The van der Waals surface area contributed by atoms with E-state index in [1.165, 1.54) is 6.42 Å². The smallest absolute Gasteiger partial charge is 0.263 e. The Labute approximate surface area is 125 Å². The first-order valence-corrected chi connectivity index (χ1v) is 7.56. The van der Waals surface area contributed by atoms with Gasteiger partial charge in [-0.15, -0.1) is 0 Å². The first-order chi connectivity index (χ1) is 9.47. The monoisotopic (exact) mass is 295 g/mol. The Balaban J connectivity index is 1.98. The fourth-order valence-corrected chi connectivity index (χ4v) is 2.71. The normalized spacial score (nSPS) is 20.6. The lowest BCUT2D eigenvalue weighted by Crippen LogP contribution is -2.45. The highest BCUT2D eigenvalue weighted by Gasteiger charge is 2.26. The molecule has 0 unspecified atom stereocenters. The highest BCUT2D eigenvalue weighted by molar-refractivity contribution is 6.31. The minimum absolute atomic E-state index is 0.0733. The average Bonchev–Trinajstić information content (AvgIpc) is 2.42. The van der Waals surface area contributed by atoms with Gasteiger partial charge in [0.2, 0.25) is 0 Å². The molecule has 1 amide bonds. The lowest BCUT2D eigenvalue weighted by Gasteiger charge is -2.32. The summed E-state index contributed by atoms with van der Waals surface area (Å²) in [4.78, 5) is 14.3. The van der Waals surface area contributed by atoms with Crippen molar-refractivity contribution in [2.24, 2.45) is 5.92 Å². The van der Waals surface area contributed by atoms with E-state index in [1.54, 1.807) is 12.1 Å².